The van der Waals surface area contributed by atoms with Crippen molar-refractivity contribution in [2.45, 2.75) is 32.2 Å². The van der Waals surface area contributed by atoms with Crippen molar-refractivity contribution in [3.63, 3.8) is 0 Å². The van der Waals surface area contributed by atoms with E-state index in [0.29, 0.717) is 6.42 Å². The van der Waals surface area contributed by atoms with Crippen LogP contribution in [0.2, 0.25) is 0 Å². The standard InChI is InChI=1S/C6H12NO/c1-2-3-6(7)4-5-8/h6H,2-4,7H2,1H3. The first-order valence-corrected chi connectivity index (χ1v) is 2.91. The Labute approximate surface area is 50.1 Å². The van der Waals surface area contributed by atoms with Crippen LogP contribution in [-0.4, -0.2) is 12.3 Å². The van der Waals surface area contributed by atoms with Crippen LogP contribution in [0.15, 0.2) is 0 Å². The molecule has 0 bridgehead atoms. The summed E-state index contributed by atoms with van der Waals surface area (Å²) in [6.45, 7) is 2.05. The van der Waals surface area contributed by atoms with Gasteiger partial charge in [0.05, 0.1) is 0 Å². The van der Waals surface area contributed by atoms with Gasteiger partial charge in [-0.2, -0.15) is 0 Å². The Morgan fingerprint density at radius 2 is 2.38 bits per heavy atom. The second-order valence-electron chi connectivity index (χ2n) is 1.90. The van der Waals surface area contributed by atoms with E-state index in [1.165, 1.54) is 0 Å². The fourth-order valence-corrected chi connectivity index (χ4v) is 0.580. The molecule has 0 aromatic carbocycles. The van der Waals surface area contributed by atoms with Gasteiger partial charge in [-0.1, -0.05) is 13.3 Å². The molecule has 1 atom stereocenters. The van der Waals surface area contributed by atoms with Gasteiger partial charge in [-0.3, -0.25) is 4.79 Å². The van der Waals surface area contributed by atoms with Gasteiger partial charge in [0.2, 0.25) is 0 Å². The van der Waals surface area contributed by atoms with Crippen LogP contribution in [0.5, 0.6) is 0 Å². The van der Waals surface area contributed by atoms with Gasteiger partial charge in [-0.15, -0.1) is 0 Å². The molecule has 2 nitrogen and oxygen atoms in total. The van der Waals surface area contributed by atoms with E-state index in [9.17, 15) is 4.79 Å². The molecule has 0 fully saturated rings. The minimum Gasteiger partial charge on any atom is -0.327 e. The second kappa shape index (κ2) is 4.78. The van der Waals surface area contributed by atoms with Gasteiger partial charge >= 0.3 is 0 Å². The molecular weight excluding hydrogens is 102 g/mol. The topological polar surface area (TPSA) is 43.1 Å². The van der Waals surface area contributed by atoms with E-state index in [0.717, 1.165) is 12.8 Å². The van der Waals surface area contributed by atoms with E-state index in [1.54, 1.807) is 6.29 Å². The Hall–Kier alpha value is -0.370. The van der Waals surface area contributed by atoms with Crippen molar-refractivity contribution in [3.05, 3.63) is 0 Å². The third kappa shape index (κ3) is 3.81. The normalized spacial score (nSPS) is 13.2. The van der Waals surface area contributed by atoms with E-state index in [4.69, 9.17) is 5.73 Å². The number of hydrogen-bond acceptors (Lipinski definition) is 2. The fourth-order valence-electron chi connectivity index (χ4n) is 0.580. The van der Waals surface area contributed by atoms with Crippen molar-refractivity contribution in [3.8, 4) is 0 Å². The van der Waals surface area contributed by atoms with E-state index in [1.807, 2.05) is 6.92 Å². The van der Waals surface area contributed by atoms with Crippen LogP contribution in [0, 0.1) is 0 Å². The molecule has 0 spiro atoms. The predicted molar refractivity (Wildman–Crippen MR) is 33.2 cm³/mol. The molecule has 1 unspecified atom stereocenters. The minimum absolute atomic E-state index is 0.0394. The lowest BCUT2D eigenvalue weighted by atomic mass is 10.1. The molecule has 0 aromatic rings. The van der Waals surface area contributed by atoms with Crippen LogP contribution in [0.4, 0.5) is 0 Å². The molecule has 0 aliphatic rings. The van der Waals surface area contributed by atoms with Crippen LogP contribution < -0.4 is 5.73 Å². The molecule has 0 heterocycles. The van der Waals surface area contributed by atoms with Gasteiger partial charge in [-0.25, -0.2) is 0 Å². The summed E-state index contributed by atoms with van der Waals surface area (Å²) in [6, 6.07) is 0.0394. The molecule has 8 heavy (non-hydrogen) atoms. The third-order valence-electron chi connectivity index (χ3n) is 1.00. The zero-order valence-electron chi connectivity index (χ0n) is 5.18. The molecule has 0 saturated carbocycles. The first kappa shape index (κ1) is 7.63. The molecule has 0 saturated heterocycles. The molecule has 0 aromatic heterocycles. The Bertz CT molecular complexity index is 63.5. The number of hydrogen-bond donors (Lipinski definition) is 1. The Kier molecular flexibility index (Phi) is 4.56. The first-order chi connectivity index (χ1) is 3.81. The highest BCUT2D eigenvalue weighted by atomic mass is 16.1. The summed E-state index contributed by atoms with van der Waals surface area (Å²) in [5.41, 5.74) is 5.43. The zero-order valence-corrected chi connectivity index (χ0v) is 5.18. The van der Waals surface area contributed by atoms with Crippen molar-refractivity contribution in [1.29, 1.82) is 0 Å². The molecule has 47 valence electrons. The minimum atomic E-state index is 0.0394. The smallest absolute Gasteiger partial charge is 0.199 e. The van der Waals surface area contributed by atoms with Gasteiger partial charge in [0.1, 0.15) is 0 Å². The van der Waals surface area contributed by atoms with Crippen molar-refractivity contribution >= 4 is 6.29 Å². The highest BCUT2D eigenvalue weighted by molar-refractivity contribution is 5.51. The van der Waals surface area contributed by atoms with Gasteiger partial charge in [0.25, 0.3) is 0 Å². The molecule has 0 aliphatic carbocycles. The van der Waals surface area contributed by atoms with Gasteiger partial charge < -0.3 is 5.73 Å². The van der Waals surface area contributed by atoms with Crippen LogP contribution in [0.25, 0.3) is 0 Å². The number of rotatable bonds is 4. The Morgan fingerprint density at radius 1 is 1.75 bits per heavy atom. The molecule has 0 aliphatic heterocycles. The monoisotopic (exact) mass is 114 g/mol. The van der Waals surface area contributed by atoms with E-state index < -0.39 is 0 Å². The Morgan fingerprint density at radius 3 is 2.75 bits per heavy atom. The molecule has 0 amide bonds. The molecule has 2 N–H and O–H groups in total. The molecular formula is C6H12NO. The lowest BCUT2D eigenvalue weighted by Crippen LogP contribution is -2.19. The quantitative estimate of drug-likeness (QED) is 0.582. The van der Waals surface area contributed by atoms with Crippen LogP contribution >= 0.6 is 0 Å². The maximum Gasteiger partial charge on any atom is 0.199 e. The van der Waals surface area contributed by atoms with Crippen molar-refractivity contribution < 1.29 is 4.79 Å². The van der Waals surface area contributed by atoms with Crippen LogP contribution in [0.1, 0.15) is 26.2 Å². The maximum absolute atomic E-state index is 9.69. The highest BCUT2D eigenvalue weighted by Gasteiger charge is 1.97. The summed E-state index contributed by atoms with van der Waals surface area (Å²) < 4.78 is 0. The fraction of sp³-hybridized carbons (Fsp3) is 0.833. The van der Waals surface area contributed by atoms with E-state index >= 15 is 0 Å². The van der Waals surface area contributed by atoms with Crippen molar-refractivity contribution in [2.24, 2.45) is 5.73 Å². The predicted octanol–water partition coefficient (Wildman–Crippen LogP) is 0.614. The van der Waals surface area contributed by atoms with Gasteiger partial charge in [0, 0.05) is 12.5 Å². The molecule has 1 radical (unpaired) electrons. The van der Waals surface area contributed by atoms with E-state index in [-0.39, 0.29) is 6.04 Å². The SMILES string of the molecule is CCCC(N)C[C]=O. The lowest BCUT2D eigenvalue weighted by molar-refractivity contribution is 0.532. The summed E-state index contributed by atoms with van der Waals surface area (Å²) in [5.74, 6) is 0. The summed E-state index contributed by atoms with van der Waals surface area (Å²) >= 11 is 0. The van der Waals surface area contributed by atoms with Gasteiger partial charge in [-0.05, 0) is 6.42 Å². The second-order valence-corrected chi connectivity index (χ2v) is 1.90. The first-order valence-electron chi connectivity index (χ1n) is 2.91. The largest absolute Gasteiger partial charge is 0.327 e. The maximum atomic E-state index is 9.69. The van der Waals surface area contributed by atoms with Crippen LogP contribution in [-0.2, 0) is 4.79 Å². The number of carbonyl (C=O) groups excluding carboxylic acids is 1. The van der Waals surface area contributed by atoms with Crippen molar-refractivity contribution in [2.75, 3.05) is 0 Å². The van der Waals surface area contributed by atoms with Crippen LogP contribution in [0.3, 0.4) is 0 Å². The lowest BCUT2D eigenvalue weighted by Gasteiger charge is -2.01. The number of nitrogens with two attached hydrogens (primary N) is 1. The summed E-state index contributed by atoms with van der Waals surface area (Å²) in [7, 11) is 0. The highest BCUT2D eigenvalue weighted by Crippen LogP contribution is 1.94. The van der Waals surface area contributed by atoms with Crippen molar-refractivity contribution in [1.82, 2.24) is 0 Å². The summed E-state index contributed by atoms with van der Waals surface area (Å²) in [4.78, 5) is 9.69. The average molecular weight is 114 g/mol. The average Bonchev–Trinajstić information content (AvgIpc) is 1.68. The van der Waals surface area contributed by atoms with Gasteiger partial charge in [0.15, 0.2) is 6.29 Å². The summed E-state index contributed by atoms with van der Waals surface area (Å²) in [6.07, 6.45) is 4.13. The summed E-state index contributed by atoms with van der Waals surface area (Å²) in [5, 5.41) is 0. The molecule has 2 heteroatoms. The third-order valence-corrected chi connectivity index (χ3v) is 1.00. The zero-order chi connectivity index (χ0) is 6.41. The molecule has 0 rings (SSSR count). The Balaban J connectivity index is 3.03. The van der Waals surface area contributed by atoms with E-state index in [2.05, 4.69) is 0 Å².